The average Bonchev–Trinajstić information content (AvgIpc) is 2.86. The molecule has 1 heterocycles. The molecule has 0 aliphatic carbocycles. The number of ether oxygens (including phenoxy) is 2. The average molecular weight is 298 g/mol. The second-order valence-corrected chi connectivity index (χ2v) is 4.73. The van der Waals surface area contributed by atoms with E-state index >= 15 is 0 Å². The van der Waals surface area contributed by atoms with Crippen LogP contribution in [0, 0.1) is 5.82 Å². The number of likely N-dealkylation sites (N-methyl/N-ethyl adjacent to an activating group) is 1. The number of nitrogens with zero attached hydrogens (tertiary/aromatic N) is 1. The van der Waals surface area contributed by atoms with Crippen LogP contribution in [0.25, 0.3) is 0 Å². The highest BCUT2D eigenvalue weighted by Gasteiger charge is 2.34. The van der Waals surface area contributed by atoms with Crippen LogP contribution in [0.3, 0.4) is 0 Å². The lowest BCUT2D eigenvalue weighted by atomic mass is 10.2. The lowest BCUT2D eigenvalue weighted by Crippen LogP contribution is -2.48. The molecule has 0 spiro atoms. The van der Waals surface area contributed by atoms with Gasteiger partial charge in [-0.1, -0.05) is 0 Å². The molecule has 0 saturated carbocycles. The minimum absolute atomic E-state index is 0.206. The molecule has 116 valence electrons. The van der Waals surface area contributed by atoms with Gasteiger partial charge in [0.25, 0.3) is 0 Å². The van der Waals surface area contributed by atoms with Gasteiger partial charge in [0.2, 0.25) is 0 Å². The third-order valence-corrected chi connectivity index (χ3v) is 3.43. The SMILES string of the molecule is CCN(C(=O)Nc1cc(F)ccc1OC)C1COCC1O. The summed E-state index contributed by atoms with van der Waals surface area (Å²) in [5.74, 6) is -0.109. The van der Waals surface area contributed by atoms with Crippen molar-refractivity contribution in [1.29, 1.82) is 0 Å². The van der Waals surface area contributed by atoms with Crippen LogP contribution < -0.4 is 10.1 Å². The van der Waals surface area contributed by atoms with Gasteiger partial charge < -0.3 is 24.8 Å². The second-order valence-electron chi connectivity index (χ2n) is 4.73. The summed E-state index contributed by atoms with van der Waals surface area (Å²) in [5, 5.41) is 12.4. The zero-order valence-electron chi connectivity index (χ0n) is 12.0. The predicted octanol–water partition coefficient (Wildman–Crippen LogP) is 1.45. The molecular formula is C14H19FN2O4. The molecule has 1 fully saturated rings. The first-order chi connectivity index (χ1) is 10.1. The van der Waals surface area contributed by atoms with Crippen LogP contribution in [0.5, 0.6) is 5.75 Å². The summed E-state index contributed by atoms with van der Waals surface area (Å²) in [7, 11) is 1.44. The number of rotatable bonds is 4. The minimum Gasteiger partial charge on any atom is -0.495 e. The Morgan fingerprint density at radius 3 is 2.90 bits per heavy atom. The normalized spacial score (nSPS) is 21.1. The fourth-order valence-electron chi connectivity index (χ4n) is 2.32. The molecule has 1 aromatic rings. The summed E-state index contributed by atoms with van der Waals surface area (Å²) in [4.78, 5) is 13.8. The number of amides is 2. The van der Waals surface area contributed by atoms with E-state index in [2.05, 4.69) is 5.32 Å². The van der Waals surface area contributed by atoms with E-state index < -0.39 is 24.0 Å². The lowest BCUT2D eigenvalue weighted by Gasteiger charge is -2.29. The van der Waals surface area contributed by atoms with Gasteiger partial charge in [0, 0.05) is 12.6 Å². The molecule has 2 N–H and O–H groups in total. The summed E-state index contributed by atoms with van der Waals surface area (Å²) in [6.07, 6.45) is -0.717. The van der Waals surface area contributed by atoms with Gasteiger partial charge in [0.05, 0.1) is 38.2 Å². The van der Waals surface area contributed by atoms with E-state index in [0.717, 1.165) is 0 Å². The number of urea groups is 1. The maximum absolute atomic E-state index is 13.3. The standard InChI is InChI=1S/C14H19FN2O4/c1-3-17(11-7-21-8-12(11)18)14(19)16-10-6-9(15)4-5-13(10)20-2/h4-6,11-12,18H,3,7-8H2,1-2H3,(H,16,19). The van der Waals surface area contributed by atoms with E-state index in [1.54, 1.807) is 6.92 Å². The molecule has 2 rings (SSSR count). The van der Waals surface area contributed by atoms with E-state index in [1.165, 1.54) is 30.2 Å². The molecular weight excluding hydrogens is 279 g/mol. The van der Waals surface area contributed by atoms with E-state index in [1.807, 2.05) is 0 Å². The van der Waals surface area contributed by atoms with Gasteiger partial charge in [-0.25, -0.2) is 9.18 Å². The first kappa shape index (κ1) is 15.5. The molecule has 1 aliphatic rings. The Bertz CT molecular complexity index is 512. The molecule has 21 heavy (non-hydrogen) atoms. The van der Waals surface area contributed by atoms with Gasteiger partial charge in [0.15, 0.2) is 0 Å². The van der Waals surface area contributed by atoms with Crippen molar-refractivity contribution in [2.45, 2.75) is 19.1 Å². The van der Waals surface area contributed by atoms with Crippen LogP contribution in [0.15, 0.2) is 18.2 Å². The molecule has 2 atom stereocenters. The molecule has 7 heteroatoms. The smallest absolute Gasteiger partial charge is 0.322 e. The maximum atomic E-state index is 13.3. The predicted molar refractivity (Wildman–Crippen MR) is 75.0 cm³/mol. The van der Waals surface area contributed by atoms with Crippen molar-refractivity contribution < 1.29 is 23.8 Å². The van der Waals surface area contributed by atoms with Gasteiger partial charge in [-0.15, -0.1) is 0 Å². The number of hydrogen-bond donors (Lipinski definition) is 2. The van der Waals surface area contributed by atoms with Crippen molar-refractivity contribution in [3.05, 3.63) is 24.0 Å². The summed E-state index contributed by atoms with van der Waals surface area (Å²) >= 11 is 0. The third-order valence-electron chi connectivity index (χ3n) is 3.43. The minimum atomic E-state index is -0.717. The Labute approximate surface area is 122 Å². The molecule has 0 aromatic heterocycles. The fraction of sp³-hybridized carbons (Fsp3) is 0.500. The highest BCUT2D eigenvalue weighted by molar-refractivity contribution is 5.91. The Kier molecular flexibility index (Phi) is 4.98. The van der Waals surface area contributed by atoms with Crippen molar-refractivity contribution in [3.8, 4) is 5.75 Å². The Balaban J connectivity index is 2.14. The van der Waals surface area contributed by atoms with Crippen molar-refractivity contribution in [2.24, 2.45) is 0 Å². The molecule has 2 unspecified atom stereocenters. The zero-order chi connectivity index (χ0) is 15.4. The third kappa shape index (κ3) is 3.43. The highest BCUT2D eigenvalue weighted by Crippen LogP contribution is 2.25. The van der Waals surface area contributed by atoms with Gasteiger partial charge in [-0.2, -0.15) is 0 Å². The number of hydrogen-bond acceptors (Lipinski definition) is 4. The van der Waals surface area contributed by atoms with Crippen molar-refractivity contribution in [2.75, 3.05) is 32.2 Å². The number of nitrogens with one attached hydrogen (secondary N) is 1. The van der Waals surface area contributed by atoms with Crippen LogP contribution in [-0.2, 0) is 4.74 Å². The van der Waals surface area contributed by atoms with Crippen LogP contribution in [0.1, 0.15) is 6.92 Å². The van der Waals surface area contributed by atoms with Crippen LogP contribution in [0.4, 0.5) is 14.9 Å². The molecule has 0 bridgehead atoms. The van der Waals surface area contributed by atoms with Gasteiger partial charge in [-0.3, -0.25) is 0 Å². The Hall–Kier alpha value is -1.86. The number of aliphatic hydroxyl groups is 1. The number of halogens is 1. The molecule has 1 aliphatic heterocycles. The van der Waals surface area contributed by atoms with E-state index in [4.69, 9.17) is 9.47 Å². The largest absolute Gasteiger partial charge is 0.495 e. The summed E-state index contributed by atoms with van der Waals surface area (Å²) < 4.78 is 23.5. The molecule has 1 aromatic carbocycles. The molecule has 2 amide bonds. The highest BCUT2D eigenvalue weighted by atomic mass is 19.1. The van der Waals surface area contributed by atoms with Crippen LogP contribution in [0.2, 0.25) is 0 Å². The Morgan fingerprint density at radius 2 is 2.33 bits per heavy atom. The van der Waals surface area contributed by atoms with E-state index in [-0.39, 0.29) is 18.9 Å². The number of carbonyl (C=O) groups excluding carboxylic acids is 1. The van der Waals surface area contributed by atoms with Crippen molar-refractivity contribution >= 4 is 11.7 Å². The molecule has 0 radical (unpaired) electrons. The quantitative estimate of drug-likeness (QED) is 0.882. The topological polar surface area (TPSA) is 71.0 Å². The number of aliphatic hydroxyl groups excluding tert-OH is 1. The molecule has 1 saturated heterocycles. The maximum Gasteiger partial charge on any atom is 0.322 e. The van der Waals surface area contributed by atoms with Gasteiger partial charge in [-0.05, 0) is 19.1 Å². The van der Waals surface area contributed by atoms with Crippen LogP contribution in [-0.4, -0.2) is 55.1 Å². The molecule has 6 nitrogen and oxygen atoms in total. The summed E-state index contributed by atoms with van der Waals surface area (Å²) in [6.45, 7) is 2.68. The lowest BCUT2D eigenvalue weighted by molar-refractivity contribution is 0.1000. The first-order valence-electron chi connectivity index (χ1n) is 6.73. The number of carbonyl (C=O) groups is 1. The van der Waals surface area contributed by atoms with Gasteiger partial charge >= 0.3 is 6.03 Å². The van der Waals surface area contributed by atoms with Crippen molar-refractivity contribution in [1.82, 2.24) is 4.90 Å². The second kappa shape index (κ2) is 6.73. The monoisotopic (exact) mass is 298 g/mol. The van der Waals surface area contributed by atoms with E-state index in [0.29, 0.717) is 12.3 Å². The zero-order valence-corrected chi connectivity index (χ0v) is 12.0. The first-order valence-corrected chi connectivity index (χ1v) is 6.73. The van der Waals surface area contributed by atoms with Crippen molar-refractivity contribution in [3.63, 3.8) is 0 Å². The number of methoxy groups -OCH3 is 1. The number of anilines is 1. The van der Waals surface area contributed by atoms with E-state index in [9.17, 15) is 14.3 Å². The van der Waals surface area contributed by atoms with Crippen LogP contribution >= 0.6 is 0 Å². The van der Waals surface area contributed by atoms with Gasteiger partial charge in [0.1, 0.15) is 11.6 Å². The summed E-state index contributed by atoms with van der Waals surface area (Å²) in [5.41, 5.74) is 0.245. The number of benzene rings is 1. The Morgan fingerprint density at radius 1 is 1.57 bits per heavy atom. The summed E-state index contributed by atoms with van der Waals surface area (Å²) in [6, 6.07) is 3.03. The fourth-order valence-corrected chi connectivity index (χ4v) is 2.32.